The normalized spacial score (nSPS) is 14.0. The minimum atomic E-state index is -0.868. The van der Waals surface area contributed by atoms with Crippen molar-refractivity contribution >= 4 is 6.08 Å². The smallest absolute Gasteiger partial charge is 0.206 e. The van der Waals surface area contributed by atoms with Crippen molar-refractivity contribution in [1.82, 2.24) is 25.6 Å². The first kappa shape index (κ1) is 17.1. The predicted octanol–water partition coefficient (Wildman–Crippen LogP) is 3.40. The highest BCUT2D eigenvalue weighted by atomic mass is 16.3. The molecule has 25 heavy (non-hydrogen) atoms. The van der Waals surface area contributed by atoms with Crippen LogP contribution in [0.5, 0.6) is 0 Å². The Morgan fingerprint density at radius 1 is 1.24 bits per heavy atom. The average Bonchev–Trinajstić information content (AvgIpc) is 3.32. The fourth-order valence-corrected chi connectivity index (χ4v) is 2.96. The molecule has 0 spiro atoms. The fraction of sp³-hybridized carbons (Fsp3) is 0.316. The summed E-state index contributed by atoms with van der Waals surface area (Å²) in [5, 5.41) is 23.3. The molecule has 0 aliphatic heterocycles. The second-order valence-electron chi connectivity index (χ2n) is 6.14. The minimum absolute atomic E-state index is 0.264. The van der Waals surface area contributed by atoms with Gasteiger partial charge in [-0.2, -0.15) is 5.21 Å². The Hall–Kier alpha value is -2.73. The van der Waals surface area contributed by atoms with Crippen molar-refractivity contribution in [2.75, 3.05) is 0 Å². The van der Waals surface area contributed by atoms with E-state index < -0.39 is 6.10 Å². The molecule has 1 aromatic carbocycles. The number of H-pyrrole nitrogens is 2. The first-order valence-electron chi connectivity index (χ1n) is 8.58. The maximum atomic E-state index is 9.98. The fourth-order valence-electron chi connectivity index (χ4n) is 2.96. The zero-order valence-corrected chi connectivity index (χ0v) is 14.3. The number of hydrogen-bond donors (Lipinski definition) is 3. The molecule has 2 heterocycles. The van der Waals surface area contributed by atoms with E-state index in [1.165, 1.54) is 11.3 Å². The summed E-state index contributed by atoms with van der Waals surface area (Å²) >= 11 is 0. The van der Waals surface area contributed by atoms with E-state index in [9.17, 15) is 5.11 Å². The monoisotopic (exact) mass is 337 g/mol. The number of nitrogens with one attached hydrogen (secondary N) is 2. The van der Waals surface area contributed by atoms with Crippen LogP contribution in [0.25, 0.3) is 6.08 Å². The molecule has 3 rings (SSSR count). The first-order chi connectivity index (χ1) is 12.3. The van der Waals surface area contributed by atoms with Crippen molar-refractivity contribution in [2.24, 2.45) is 0 Å². The van der Waals surface area contributed by atoms with Crippen molar-refractivity contribution in [3.05, 3.63) is 71.3 Å². The Labute approximate surface area is 147 Å². The lowest BCUT2D eigenvalue weighted by atomic mass is 9.92. The van der Waals surface area contributed by atoms with Crippen molar-refractivity contribution in [2.45, 2.75) is 38.2 Å². The van der Waals surface area contributed by atoms with Gasteiger partial charge in [0.15, 0.2) is 0 Å². The molecule has 6 nitrogen and oxygen atoms in total. The van der Waals surface area contributed by atoms with Crippen LogP contribution < -0.4 is 0 Å². The molecule has 0 saturated carbocycles. The highest BCUT2D eigenvalue weighted by molar-refractivity contribution is 5.50. The minimum Gasteiger partial charge on any atom is -0.381 e. The summed E-state index contributed by atoms with van der Waals surface area (Å²) in [5.74, 6) is 0.719. The van der Waals surface area contributed by atoms with Gasteiger partial charge in [0.05, 0.1) is 0 Å². The molecule has 2 aromatic heterocycles. The molecular weight excluding hydrogens is 314 g/mol. The van der Waals surface area contributed by atoms with E-state index in [1.54, 1.807) is 6.08 Å². The van der Waals surface area contributed by atoms with E-state index in [0.29, 0.717) is 5.92 Å². The zero-order valence-electron chi connectivity index (χ0n) is 14.3. The van der Waals surface area contributed by atoms with Gasteiger partial charge in [0, 0.05) is 17.8 Å². The van der Waals surface area contributed by atoms with E-state index in [0.717, 1.165) is 24.8 Å². The number of nitrogens with zero attached hydrogens (tertiary/aromatic N) is 3. The summed E-state index contributed by atoms with van der Waals surface area (Å²) in [4.78, 5) is 3.39. The van der Waals surface area contributed by atoms with Gasteiger partial charge in [0.2, 0.25) is 5.82 Å². The molecule has 2 unspecified atom stereocenters. The van der Waals surface area contributed by atoms with Crippen LogP contribution in [0, 0.1) is 0 Å². The second kappa shape index (κ2) is 8.39. The number of tetrazole rings is 1. The summed E-state index contributed by atoms with van der Waals surface area (Å²) in [6.07, 6.45) is 7.90. The largest absolute Gasteiger partial charge is 0.381 e. The first-order valence-corrected chi connectivity index (χ1v) is 8.58. The van der Waals surface area contributed by atoms with E-state index in [2.05, 4.69) is 62.9 Å². The van der Waals surface area contributed by atoms with Crippen LogP contribution in [0.2, 0.25) is 0 Å². The van der Waals surface area contributed by atoms with Gasteiger partial charge in [-0.05, 0) is 36.1 Å². The number of aliphatic hydroxyl groups is 1. The molecule has 130 valence electrons. The summed E-state index contributed by atoms with van der Waals surface area (Å²) in [6.45, 7) is 2.21. The lowest BCUT2D eigenvalue weighted by Crippen LogP contribution is -2.03. The van der Waals surface area contributed by atoms with Crippen molar-refractivity contribution in [1.29, 1.82) is 0 Å². The Morgan fingerprint density at radius 2 is 2.08 bits per heavy atom. The molecule has 0 fully saturated rings. The van der Waals surface area contributed by atoms with Gasteiger partial charge in [0.25, 0.3) is 0 Å². The number of hydrogen-bond acceptors (Lipinski definition) is 4. The molecule has 0 aliphatic carbocycles. The van der Waals surface area contributed by atoms with Gasteiger partial charge in [-0.15, -0.1) is 10.2 Å². The van der Waals surface area contributed by atoms with Gasteiger partial charge >= 0.3 is 0 Å². The number of rotatable bonds is 8. The third-order valence-electron chi connectivity index (χ3n) is 4.23. The van der Waals surface area contributed by atoms with Crippen LogP contribution >= 0.6 is 0 Å². The standard InChI is InChI=1S/C19H23N5O/c1-2-6-16(11-14-7-4-3-5-8-14)17-12-15(13-20-17)9-10-18(25)19-21-23-24-22-19/h3-5,7-10,12-13,16,18,20,25H,2,6,11H2,1H3,(H,21,22,23,24)/b10-9+. The summed E-state index contributed by atoms with van der Waals surface area (Å²) in [5.41, 5.74) is 3.59. The summed E-state index contributed by atoms with van der Waals surface area (Å²) in [7, 11) is 0. The molecule has 3 N–H and O–H groups in total. The quantitative estimate of drug-likeness (QED) is 0.587. The third kappa shape index (κ3) is 4.64. The summed E-state index contributed by atoms with van der Waals surface area (Å²) in [6, 6.07) is 12.7. The SMILES string of the molecule is CCCC(Cc1ccccc1)c1cc(/C=C/C(O)c2nn[nH]n2)c[nH]1. The van der Waals surface area contributed by atoms with Crippen LogP contribution in [0.4, 0.5) is 0 Å². The highest BCUT2D eigenvalue weighted by Crippen LogP contribution is 2.26. The van der Waals surface area contributed by atoms with Gasteiger partial charge in [-0.25, -0.2) is 0 Å². The maximum Gasteiger partial charge on any atom is 0.206 e. The molecule has 2 atom stereocenters. The van der Waals surface area contributed by atoms with Crippen LogP contribution in [0.3, 0.4) is 0 Å². The van der Waals surface area contributed by atoms with Gasteiger partial charge < -0.3 is 10.1 Å². The number of benzene rings is 1. The average molecular weight is 337 g/mol. The van der Waals surface area contributed by atoms with Crippen molar-refractivity contribution in [3.8, 4) is 0 Å². The van der Waals surface area contributed by atoms with E-state index >= 15 is 0 Å². The van der Waals surface area contributed by atoms with Crippen molar-refractivity contribution < 1.29 is 5.11 Å². The third-order valence-corrected chi connectivity index (χ3v) is 4.23. The van der Waals surface area contributed by atoms with Crippen LogP contribution in [-0.4, -0.2) is 30.7 Å². The highest BCUT2D eigenvalue weighted by Gasteiger charge is 2.14. The lowest BCUT2D eigenvalue weighted by Gasteiger charge is -2.14. The lowest BCUT2D eigenvalue weighted by molar-refractivity contribution is 0.219. The van der Waals surface area contributed by atoms with Crippen LogP contribution in [0.15, 0.2) is 48.7 Å². The van der Waals surface area contributed by atoms with Crippen LogP contribution in [-0.2, 0) is 6.42 Å². The molecule has 0 radical (unpaired) electrons. The molecule has 0 bridgehead atoms. The number of aromatic amines is 2. The van der Waals surface area contributed by atoms with Gasteiger partial charge in [-0.1, -0.05) is 55.0 Å². The maximum absolute atomic E-state index is 9.98. The Kier molecular flexibility index (Phi) is 5.74. The summed E-state index contributed by atoms with van der Waals surface area (Å²) < 4.78 is 0. The number of aromatic nitrogens is 5. The van der Waals surface area contributed by atoms with E-state index in [-0.39, 0.29) is 5.82 Å². The topological polar surface area (TPSA) is 90.5 Å². The van der Waals surface area contributed by atoms with Gasteiger partial charge in [0.1, 0.15) is 6.10 Å². The molecular formula is C19H23N5O. The molecule has 0 aliphatic rings. The molecule has 0 saturated heterocycles. The van der Waals surface area contributed by atoms with Gasteiger partial charge in [-0.3, -0.25) is 0 Å². The Bertz CT molecular complexity index is 779. The zero-order chi connectivity index (χ0) is 17.5. The molecule has 6 heteroatoms. The molecule has 3 aromatic rings. The Balaban J connectivity index is 1.69. The second-order valence-corrected chi connectivity index (χ2v) is 6.14. The van der Waals surface area contributed by atoms with E-state index in [1.807, 2.05) is 18.3 Å². The predicted molar refractivity (Wildman–Crippen MR) is 96.8 cm³/mol. The van der Waals surface area contributed by atoms with Crippen molar-refractivity contribution in [3.63, 3.8) is 0 Å². The van der Waals surface area contributed by atoms with E-state index in [4.69, 9.17) is 0 Å². The Morgan fingerprint density at radius 3 is 2.80 bits per heavy atom. The van der Waals surface area contributed by atoms with Crippen LogP contribution in [0.1, 0.15) is 54.4 Å². The number of aliphatic hydroxyl groups excluding tert-OH is 1. The molecule has 0 amide bonds.